The van der Waals surface area contributed by atoms with Crippen LogP contribution in [0.5, 0.6) is 0 Å². The number of hydrogen-bond acceptors (Lipinski definition) is 2. The Labute approximate surface area is 147 Å². The minimum Gasteiger partial charge on any atom is -0.348 e. The maximum absolute atomic E-state index is 12.4. The predicted octanol–water partition coefficient (Wildman–Crippen LogP) is 3.88. The lowest BCUT2D eigenvalue weighted by molar-refractivity contribution is -0.123. The number of carbonyl (C=O) groups excluding carboxylic acids is 2. The summed E-state index contributed by atoms with van der Waals surface area (Å²) in [6.45, 7) is 5.13. The van der Waals surface area contributed by atoms with Crippen LogP contribution >= 0.6 is 11.6 Å². The number of nitrogens with one attached hydrogen (secondary N) is 1. The van der Waals surface area contributed by atoms with Gasteiger partial charge in [-0.3, -0.25) is 9.59 Å². The van der Waals surface area contributed by atoms with Gasteiger partial charge in [0.25, 0.3) is 0 Å². The number of halogens is 1. The quantitative estimate of drug-likeness (QED) is 0.894. The standard InChI is InChI=1S/C19H21ClN2O2/c1-13-17(20)10-7-11-18(13)22(15(3)23)12-19(24)21-14(2)16-8-5-4-6-9-16/h4-11,14H,12H2,1-3H3,(H,21,24). The molecular formula is C19H21ClN2O2. The first kappa shape index (κ1) is 18.0. The molecule has 0 saturated heterocycles. The number of amides is 2. The molecule has 0 bridgehead atoms. The third-order valence-corrected chi connectivity index (χ3v) is 4.30. The van der Waals surface area contributed by atoms with Crippen LogP contribution in [0.25, 0.3) is 0 Å². The molecule has 0 aliphatic heterocycles. The van der Waals surface area contributed by atoms with Gasteiger partial charge in [-0.15, -0.1) is 0 Å². The summed E-state index contributed by atoms with van der Waals surface area (Å²) in [6, 6.07) is 14.9. The molecule has 0 aliphatic carbocycles. The fourth-order valence-electron chi connectivity index (χ4n) is 2.51. The Morgan fingerprint density at radius 1 is 1.12 bits per heavy atom. The van der Waals surface area contributed by atoms with Crippen LogP contribution in [-0.4, -0.2) is 18.4 Å². The second kappa shape index (κ2) is 7.97. The highest BCUT2D eigenvalue weighted by Crippen LogP contribution is 2.26. The number of rotatable bonds is 5. The molecule has 126 valence electrons. The van der Waals surface area contributed by atoms with Gasteiger partial charge in [0.1, 0.15) is 6.54 Å². The second-order valence-corrected chi connectivity index (χ2v) is 6.10. The first-order valence-corrected chi connectivity index (χ1v) is 8.15. The topological polar surface area (TPSA) is 49.4 Å². The molecule has 24 heavy (non-hydrogen) atoms. The van der Waals surface area contributed by atoms with Crippen LogP contribution in [0.15, 0.2) is 48.5 Å². The summed E-state index contributed by atoms with van der Waals surface area (Å²) < 4.78 is 0. The average Bonchev–Trinajstić information content (AvgIpc) is 2.56. The predicted molar refractivity (Wildman–Crippen MR) is 97.2 cm³/mol. The second-order valence-electron chi connectivity index (χ2n) is 5.69. The SMILES string of the molecule is CC(=O)N(CC(=O)NC(C)c1ccccc1)c1cccc(Cl)c1C. The fraction of sp³-hybridized carbons (Fsp3) is 0.263. The Hall–Kier alpha value is -2.33. The lowest BCUT2D eigenvalue weighted by atomic mass is 10.1. The Balaban J connectivity index is 2.12. The normalized spacial score (nSPS) is 11.7. The monoisotopic (exact) mass is 344 g/mol. The molecule has 0 fully saturated rings. The molecule has 5 heteroatoms. The molecule has 1 unspecified atom stereocenters. The van der Waals surface area contributed by atoms with Crippen LogP contribution in [-0.2, 0) is 9.59 Å². The Kier molecular flexibility index (Phi) is 5.99. The number of benzene rings is 2. The summed E-state index contributed by atoms with van der Waals surface area (Å²) in [5, 5.41) is 3.49. The maximum Gasteiger partial charge on any atom is 0.240 e. The van der Waals surface area contributed by atoms with Crippen molar-refractivity contribution in [2.75, 3.05) is 11.4 Å². The molecule has 0 heterocycles. The van der Waals surface area contributed by atoms with Gasteiger partial charge in [-0.05, 0) is 37.1 Å². The largest absolute Gasteiger partial charge is 0.348 e. The van der Waals surface area contributed by atoms with E-state index in [4.69, 9.17) is 11.6 Å². The molecule has 0 saturated carbocycles. The van der Waals surface area contributed by atoms with E-state index in [1.165, 1.54) is 11.8 Å². The van der Waals surface area contributed by atoms with Crippen molar-refractivity contribution in [3.63, 3.8) is 0 Å². The van der Waals surface area contributed by atoms with E-state index in [0.717, 1.165) is 11.1 Å². The molecule has 0 aliphatic rings. The van der Waals surface area contributed by atoms with Crippen molar-refractivity contribution in [3.8, 4) is 0 Å². The maximum atomic E-state index is 12.4. The van der Waals surface area contributed by atoms with E-state index in [9.17, 15) is 9.59 Å². The van der Waals surface area contributed by atoms with Crippen molar-refractivity contribution in [3.05, 3.63) is 64.7 Å². The van der Waals surface area contributed by atoms with Gasteiger partial charge in [0.15, 0.2) is 0 Å². The Morgan fingerprint density at radius 3 is 2.42 bits per heavy atom. The molecule has 0 radical (unpaired) electrons. The molecule has 1 N–H and O–H groups in total. The highest BCUT2D eigenvalue weighted by atomic mass is 35.5. The Bertz CT molecular complexity index is 731. The molecule has 4 nitrogen and oxygen atoms in total. The minimum absolute atomic E-state index is 0.0479. The Morgan fingerprint density at radius 2 is 1.79 bits per heavy atom. The highest BCUT2D eigenvalue weighted by Gasteiger charge is 2.19. The van der Waals surface area contributed by atoms with Crippen LogP contribution in [0.3, 0.4) is 0 Å². The van der Waals surface area contributed by atoms with Crippen molar-refractivity contribution in [1.82, 2.24) is 5.32 Å². The third-order valence-electron chi connectivity index (χ3n) is 3.89. The zero-order chi connectivity index (χ0) is 17.7. The van der Waals surface area contributed by atoms with Gasteiger partial charge in [-0.25, -0.2) is 0 Å². The summed E-state index contributed by atoms with van der Waals surface area (Å²) in [5.41, 5.74) is 2.44. The molecule has 2 rings (SSSR count). The van der Waals surface area contributed by atoms with Crippen LogP contribution in [0.2, 0.25) is 5.02 Å². The first-order valence-electron chi connectivity index (χ1n) is 7.77. The van der Waals surface area contributed by atoms with Crippen LogP contribution in [0, 0.1) is 6.92 Å². The van der Waals surface area contributed by atoms with Crippen molar-refractivity contribution in [1.29, 1.82) is 0 Å². The van der Waals surface area contributed by atoms with Gasteiger partial charge in [-0.2, -0.15) is 0 Å². The summed E-state index contributed by atoms with van der Waals surface area (Å²) in [5.74, 6) is -0.427. The van der Waals surface area contributed by atoms with Gasteiger partial charge in [0, 0.05) is 17.6 Å². The zero-order valence-electron chi connectivity index (χ0n) is 14.0. The van der Waals surface area contributed by atoms with E-state index >= 15 is 0 Å². The van der Waals surface area contributed by atoms with Gasteiger partial charge in [0.05, 0.1) is 6.04 Å². The van der Waals surface area contributed by atoms with Gasteiger partial charge < -0.3 is 10.2 Å². The van der Waals surface area contributed by atoms with E-state index in [-0.39, 0.29) is 24.4 Å². The minimum atomic E-state index is -0.221. The first-order chi connectivity index (χ1) is 11.4. The van der Waals surface area contributed by atoms with E-state index in [0.29, 0.717) is 10.7 Å². The third kappa shape index (κ3) is 4.36. The van der Waals surface area contributed by atoms with Crippen LogP contribution in [0.4, 0.5) is 5.69 Å². The lowest BCUT2D eigenvalue weighted by Gasteiger charge is -2.24. The van der Waals surface area contributed by atoms with E-state index in [1.807, 2.05) is 44.2 Å². The number of carbonyl (C=O) groups is 2. The molecule has 0 spiro atoms. The van der Waals surface area contributed by atoms with Crippen molar-refractivity contribution < 1.29 is 9.59 Å². The van der Waals surface area contributed by atoms with Crippen LogP contribution < -0.4 is 10.2 Å². The number of hydrogen-bond donors (Lipinski definition) is 1. The average molecular weight is 345 g/mol. The van der Waals surface area contributed by atoms with Crippen molar-refractivity contribution in [2.45, 2.75) is 26.8 Å². The molecule has 2 amide bonds. The molecule has 1 atom stereocenters. The van der Waals surface area contributed by atoms with E-state index < -0.39 is 0 Å². The molecular weight excluding hydrogens is 324 g/mol. The zero-order valence-corrected chi connectivity index (χ0v) is 14.8. The van der Waals surface area contributed by atoms with E-state index in [1.54, 1.807) is 18.2 Å². The smallest absolute Gasteiger partial charge is 0.240 e. The lowest BCUT2D eigenvalue weighted by Crippen LogP contribution is -2.41. The van der Waals surface area contributed by atoms with Gasteiger partial charge in [0.2, 0.25) is 11.8 Å². The van der Waals surface area contributed by atoms with Crippen molar-refractivity contribution >= 4 is 29.1 Å². The summed E-state index contributed by atoms with van der Waals surface area (Å²) >= 11 is 6.12. The fourth-order valence-corrected chi connectivity index (χ4v) is 2.68. The number of nitrogens with zero attached hydrogens (tertiary/aromatic N) is 1. The summed E-state index contributed by atoms with van der Waals surface area (Å²) in [7, 11) is 0. The molecule has 2 aromatic rings. The molecule has 2 aromatic carbocycles. The van der Waals surface area contributed by atoms with Gasteiger partial charge in [-0.1, -0.05) is 48.0 Å². The highest BCUT2D eigenvalue weighted by molar-refractivity contribution is 6.31. The van der Waals surface area contributed by atoms with Crippen LogP contribution in [0.1, 0.15) is 31.0 Å². The summed E-state index contributed by atoms with van der Waals surface area (Å²) in [6.07, 6.45) is 0. The molecule has 0 aromatic heterocycles. The van der Waals surface area contributed by atoms with Crippen molar-refractivity contribution in [2.24, 2.45) is 0 Å². The summed E-state index contributed by atoms with van der Waals surface area (Å²) in [4.78, 5) is 25.8. The van der Waals surface area contributed by atoms with Gasteiger partial charge >= 0.3 is 0 Å². The van der Waals surface area contributed by atoms with E-state index in [2.05, 4.69) is 5.32 Å². The number of anilines is 1.